The highest BCUT2D eigenvalue weighted by molar-refractivity contribution is 7.09. The lowest BCUT2D eigenvalue weighted by molar-refractivity contribution is 0.435. The van der Waals surface area contributed by atoms with Gasteiger partial charge in [-0.05, 0) is 13.0 Å². The van der Waals surface area contributed by atoms with Crippen molar-refractivity contribution in [1.29, 1.82) is 0 Å². The number of halogens is 1. The molecule has 96 valence electrons. The van der Waals surface area contributed by atoms with Gasteiger partial charge in [0, 0.05) is 10.9 Å². The van der Waals surface area contributed by atoms with E-state index in [9.17, 15) is 4.39 Å². The maximum Gasteiger partial charge on any atom is 0.196 e. The van der Waals surface area contributed by atoms with Gasteiger partial charge in [0.25, 0.3) is 0 Å². The lowest BCUT2D eigenvalue weighted by atomic mass is 10.0. The molecule has 0 radical (unpaired) electrons. The number of benzene rings is 1. The molecular formula is C13H10FN3OS. The molecule has 2 aromatic heterocycles. The molecule has 2 N–H and O–H groups in total. The summed E-state index contributed by atoms with van der Waals surface area (Å²) in [5.41, 5.74) is 7.22. The van der Waals surface area contributed by atoms with Crippen LogP contribution < -0.4 is 5.73 Å². The van der Waals surface area contributed by atoms with Crippen LogP contribution in [-0.4, -0.2) is 10.1 Å². The van der Waals surface area contributed by atoms with Gasteiger partial charge < -0.3 is 10.3 Å². The molecule has 2 heterocycles. The minimum atomic E-state index is -0.370. The Bertz CT molecular complexity index is 735. The molecule has 0 amide bonds. The van der Waals surface area contributed by atoms with Gasteiger partial charge in [0.1, 0.15) is 11.5 Å². The Morgan fingerprint density at radius 3 is 2.79 bits per heavy atom. The fourth-order valence-corrected chi connectivity index (χ4v) is 2.46. The Morgan fingerprint density at radius 1 is 1.32 bits per heavy atom. The Kier molecular flexibility index (Phi) is 2.79. The third-order valence-electron chi connectivity index (χ3n) is 2.71. The van der Waals surface area contributed by atoms with Crippen LogP contribution in [0.5, 0.6) is 0 Å². The number of nitrogens with zero attached hydrogens (tertiary/aromatic N) is 2. The zero-order valence-corrected chi connectivity index (χ0v) is 10.9. The molecule has 3 aromatic rings. The van der Waals surface area contributed by atoms with Crippen molar-refractivity contribution in [1.82, 2.24) is 10.1 Å². The minimum absolute atomic E-state index is 0.158. The molecule has 0 aliphatic rings. The average Bonchev–Trinajstić information content (AvgIpc) is 2.96. The second-order valence-corrected chi connectivity index (χ2v) is 5.07. The lowest BCUT2D eigenvalue weighted by Crippen LogP contribution is -1.91. The van der Waals surface area contributed by atoms with E-state index in [-0.39, 0.29) is 11.6 Å². The fourth-order valence-electron chi connectivity index (χ4n) is 1.87. The average molecular weight is 275 g/mol. The molecule has 0 aliphatic carbocycles. The summed E-state index contributed by atoms with van der Waals surface area (Å²) in [5.74, 6) is 0.184. The first-order valence-electron chi connectivity index (χ1n) is 5.59. The molecule has 0 atom stereocenters. The smallest absolute Gasteiger partial charge is 0.196 e. The third kappa shape index (κ3) is 2.00. The predicted octanol–water partition coefficient (Wildman–Crippen LogP) is 3.49. The molecule has 3 rings (SSSR count). The fraction of sp³-hybridized carbons (Fsp3) is 0.0769. The highest BCUT2D eigenvalue weighted by Gasteiger charge is 2.21. The van der Waals surface area contributed by atoms with Crippen molar-refractivity contribution < 1.29 is 8.91 Å². The van der Waals surface area contributed by atoms with Crippen molar-refractivity contribution in [3.63, 3.8) is 0 Å². The molecule has 0 unspecified atom stereocenters. The van der Waals surface area contributed by atoms with E-state index in [4.69, 9.17) is 10.3 Å². The van der Waals surface area contributed by atoms with Gasteiger partial charge in [-0.3, -0.25) is 0 Å². The molecule has 0 aliphatic heterocycles. The van der Waals surface area contributed by atoms with E-state index in [1.807, 2.05) is 12.3 Å². The molecule has 19 heavy (non-hydrogen) atoms. The van der Waals surface area contributed by atoms with Crippen molar-refractivity contribution in [2.45, 2.75) is 6.92 Å². The number of nitrogen functional groups attached to an aromatic ring is 1. The Hall–Kier alpha value is -2.21. The van der Waals surface area contributed by atoms with Crippen LogP contribution in [0.2, 0.25) is 0 Å². The summed E-state index contributed by atoms with van der Waals surface area (Å²) in [4.78, 5) is 4.32. The molecule has 6 heteroatoms. The summed E-state index contributed by atoms with van der Waals surface area (Å²) in [6.45, 7) is 1.89. The largest absolute Gasteiger partial charge is 0.380 e. The van der Waals surface area contributed by atoms with Crippen LogP contribution >= 0.6 is 11.3 Å². The zero-order valence-electron chi connectivity index (χ0n) is 10.1. The third-order valence-corrected chi connectivity index (χ3v) is 3.49. The van der Waals surface area contributed by atoms with Crippen LogP contribution in [-0.2, 0) is 0 Å². The van der Waals surface area contributed by atoms with E-state index < -0.39 is 0 Å². The Labute approximate surface area is 112 Å². The summed E-state index contributed by atoms with van der Waals surface area (Å²) >= 11 is 1.48. The van der Waals surface area contributed by atoms with Gasteiger partial charge in [-0.25, -0.2) is 9.37 Å². The van der Waals surface area contributed by atoms with Crippen LogP contribution in [0.15, 0.2) is 34.2 Å². The molecule has 1 aromatic carbocycles. The van der Waals surface area contributed by atoms with E-state index in [2.05, 4.69) is 10.1 Å². The summed E-state index contributed by atoms with van der Waals surface area (Å²) in [7, 11) is 0. The van der Waals surface area contributed by atoms with E-state index in [0.717, 1.165) is 5.01 Å². The first kappa shape index (κ1) is 11.9. The number of anilines is 1. The monoisotopic (exact) mass is 275 g/mol. The Balaban J connectivity index is 2.22. The lowest BCUT2D eigenvalue weighted by Gasteiger charge is -2.02. The van der Waals surface area contributed by atoms with Gasteiger partial charge in [0.15, 0.2) is 11.6 Å². The van der Waals surface area contributed by atoms with Gasteiger partial charge in [0.2, 0.25) is 0 Å². The number of rotatable bonds is 2. The van der Waals surface area contributed by atoms with Crippen LogP contribution in [0.25, 0.3) is 22.6 Å². The van der Waals surface area contributed by atoms with Crippen molar-refractivity contribution in [2.24, 2.45) is 0 Å². The molecule has 0 saturated heterocycles. The van der Waals surface area contributed by atoms with Gasteiger partial charge in [0.05, 0.1) is 10.6 Å². The summed E-state index contributed by atoms with van der Waals surface area (Å²) in [5, 5.41) is 6.45. The van der Waals surface area contributed by atoms with Crippen LogP contribution in [0.4, 0.5) is 10.2 Å². The number of hydrogen-bond donors (Lipinski definition) is 1. The first-order chi connectivity index (χ1) is 9.16. The van der Waals surface area contributed by atoms with Crippen LogP contribution in [0.1, 0.15) is 5.01 Å². The molecule has 0 fully saturated rings. The second-order valence-electron chi connectivity index (χ2n) is 4.00. The molecular weight excluding hydrogens is 265 g/mol. The van der Waals surface area contributed by atoms with Gasteiger partial charge in [-0.15, -0.1) is 11.3 Å². The van der Waals surface area contributed by atoms with Crippen molar-refractivity contribution in [3.8, 4) is 22.6 Å². The molecule has 0 saturated carbocycles. The standard InChI is InChI=1S/C13H10FN3OS/c1-7-16-10(6-19-7)12-11(13(15)17-18-12)8-4-2-3-5-9(8)14/h2-6H,1H3,(H2,15,17). The topological polar surface area (TPSA) is 64.9 Å². The van der Waals surface area contributed by atoms with Crippen molar-refractivity contribution >= 4 is 17.2 Å². The zero-order chi connectivity index (χ0) is 13.4. The van der Waals surface area contributed by atoms with Crippen molar-refractivity contribution in [3.05, 3.63) is 40.5 Å². The number of aryl methyl sites for hydroxylation is 1. The number of aromatic nitrogens is 2. The molecule has 0 spiro atoms. The van der Waals surface area contributed by atoms with Crippen LogP contribution in [0, 0.1) is 12.7 Å². The van der Waals surface area contributed by atoms with E-state index in [1.165, 1.54) is 17.4 Å². The number of nitrogens with two attached hydrogens (primary N) is 1. The van der Waals surface area contributed by atoms with E-state index in [1.54, 1.807) is 18.2 Å². The van der Waals surface area contributed by atoms with Crippen LogP contribution in [0.3, 0.4) is 0 Å². The highest BCUT2D eigenvalue weighted by atomic mass is 32.1. The predicted molar refractivity (Wildman–Crippen MR) is 72.2 cm³/mol. The van der Waals surface area contributed by atoms with E-state index in [0.29, 0.717) is 22.6 Å². The minimum Gasteiger partial charge on any atom is -0.380 e. The molecule has 0 bridgehead atoms. The highest BCUT2D eigenvalue weighted by Crippen LogP contribution is 2.37. The molecule has 4 nitrogen and oxygen atoms in total. The van der Waals surface area contributed by atoms with Gasteiger partial charge in [-0.2, -0.15) is 0 Å². The summed E-state index contributed by atoms with van der Waals surface area (Å²) < 4.78 is 19.1. The summed E-state index contributed by atoms with van der Waals surface area (Å²) in [6.07, 6.45) is 0. The van der Waals surface area contributed by atoms with E-state index >= 15 is 0 Å². The SMILES string of the molecule is Cc1nc(-c2onc(N)c2-c2ccccc2F)cs1. The number of thiazole rings is 1. The van der Waals surface area contributed by atoms with Crippen molar-refractivity contribution in [2.75, 3.05) is 5.73 Å². The number of hydrogen-bond acceptors (Lipinski definition) is 5. The maximum atomic E-state index is 13.9. The van der Waals surface area contributed by atoms with Gasteiger partial charge >= 0.3 is 0 Å². The maximum absolute atomic E-state index is 13.9. The van der Waals surface area contributed by atoms with Gasteiger partial charge in [-0.1, -0.05) is 23.4 Å². The Morgan fingerprint density at radius 2 is 2.11 bits per heavy atom. The second kappa shape index (κ2) is 4.47. The quantitative estimate of drug-likeness (QED) is 0.777. The first-order valence-corrected chi connectivity index (χ1v) is 6.47. The normalized spacial score (nSPS) is 10.8. The summed E-state index contributed by atoms with van der Waals surface area (Å²) in [6, 6.07) is 6.37.